The van der Waals surface area contributed by atoms with Crippen LogP contribution in [0.4, 0.5) is 5.69 Å². The van der Waals surface area contributed by atoms with Crippen molar-refractivity contribution in [2.45, 2.75) is 6.54 Å². The number of nitriles is 1. The van der Waals surface area contributed by atoms with Gasteiger partial charge in [0.05, 0.1) is 17.2 Å². The van der Waals surface area contributed by atoms with E-state index in [1.54, 1.807) is 36.4 Å². The number of benzene rings is 2. The summed E-state index contributed by atoms with van der Waals surface area (Å²) in [4.78, 5) is 12.0. The molecule has 1 amide bonds. The van der Waals surface area contributed by atoms with Crippen LogP contribution < -0.4 is 11.1 Å². The maximum Gasteiger partial charge on any atom is 0.253 e. The summed E-state index contributed by atoms with van der Waals surface area (Å²) in [6, 6.07) is 13.8. The average Bonchev–Trinajstić information content (AvgIpc) is 2.45. The third-order valence-electron chi connectivity index (χ3n) is 2.79. The number of carbonyl (C=O) groups excluding carboxylic acids is 1. The number of nitrogens with zero attached hydrogens (tertiary/aromatic N) is 1. The Morgan fingerprint density at radius 3 is 2.55 bits per heavy atom. The molecular weight excluding hydrogens is 274 g/mol. The normalized spacial score (nSPS) is 9.80. The van der Waals surface area contributed by atoms with Gasteiger partial charge in [-0.25, -0.2) is 0 Å². The Hall–Kier alpha value is -2.51. The maximum absolute atomic E-state index is 12.0. The number of rotatable bonds is 3. The molecule has 0 unspecified atom stereocenters. The first kappa shape index (κ1) is 13.9. The Morgan fingerprint density at radius 2 is 1.95 bits per heavy atom. The molecule has 100 valence electrons. The lowest BCUT2D eigenvalue weighted by atomic mass is 10.1. The number of hydrogen-bond donors (Lipinski definition) is 2. The van der Waals surface area contributed by atoms with Crippen molar-refractivity contribution in [1.29, 1.82) is 5.26 Å². The highest BCUT2D eigenvalue weighted by molar-refractivity contribution is 6.31. The second-order valence-corrected chi connectivity index (χ2v) is 4.66. The van der Waals surface area contributed by atoms with Crippen LogP contribution in [0.3, 0.4) is 0 Å². The van der Waals surface area contributed by atoms with Crippen LogP contribution in [0.2, 0.25) is 5.02 Å². The van der Waals surface area contributed by atoms with Crippen molar-refractivity contribution in [2.75, 3.05) is 5.73 Å². The average molecular weight is 286 g/mol. The molecule has 0 atom stereocenters. The molecule has 0 aliphatic heterocycles. The van der Waals surface area contributed by atoms with Gasteiger partial charge in [0.2, 0.25) is 0 Å². The van der Waals surface area contributed by atoms with Crippen molar-refractivity contribution in [2.24, 2.45) is 0 Å². The fourth-order valence-corrected chi connectivity index (χ4v) is 1.90. The number of halogens is 1. The molecule has 0 fully saturated rings. The summed E-state index contributed by atoms with van der Waals surface area (Å²) in [6.45, 7) is 0.368. The van der Waals surface area contributed by atoms with Crippen LogP contribution in [0.5, 0.6) is 0 Å². The van der Waals surface area contributed by atoms with Crippen molar-refractivity contribution in [3.05, 3.63) is 64.2 Å². The summed E-state index contributed by atoms with van der Waals surface area (Å²) < 4.78 is 0. The fraction of sp³-hybridized carbons (Fsp3) is 0.0667. The van der Waals surface area contributed by atoms with E-state index in [-0.39, 0.29) is 5.91 Å². The van der Waals surface area contributed by atoms with Gasteiger partial charge in [-0.2, -0.15) is 5.26 Å². The molecule has 2 aromatic carbocycles. The van der Waals surface area contributed by atoms with Crippen LogP contribution in [-0.4, -0.2) is 5.91 Å². The quantitative estimate of drug-likeness (QED) is 0.851. The van der Waals surface area contributed by atoms with E-state index >= 15 is 0 Å². The van der Waals surface area contributed by atoms with E-state index in [2.05, 4.69) is 5.32 Å². The summed E-state index contributed by atoms with van der Waals surface area (Å²) >= 11 is 5.79. The molecule has 0 bridgehead atoms. The third-order valence-corrected chi connectivity index (χ3v) is 3.03. The lowest BCUT2D eigenvalue weighted by Gasteiger charge is -2.08. The second kappa shape index (κ2) is 6.09. The second-order valence-electron chi connectivity index (χ2n) is 4.22. The van der Waals surface area contributed by atoms with Crippen LogP contribution in [0.25, 0.3) is 0 Å². The molecule has 0 aromatic heterocycles. The molecule has 0 aliphatic carbocycles. The largest absolute Gasteiger partial charge is 0.398 e. The summed E-state index contributed by atoms with van der Waals surface area (Å²) in [6.07, 6.45) is 0. The van der Waals surface area contributed by atoms with Gasteiger partial charge in [-0.1, -0.05) is 23.7 Å². The van der Waals surface area contributed by atoms with E-state index in [9.17, 15) is 4.79 Å². The molecule has 3 N–H and O–H groups in total. The number of carbonyl (C=O) groups is 1. The molecule has 2 rings (SSSR count). The SMILES string of the molecule is N#Cc1ccc(CNC(=O)c2ccc(Cl)cc2N)cc1. The fourth-order valence-electron chi connectivity index (χ4n) is 1.72. The Kier molecular flexibility index (Phi) is 4.24. The van der Waals surface area contributed by atoms with Gasteiger partial charge in [-0.05, 0) is 35.9 Å². The minimum Gasteiger partial charge on any atom is -0.398 e. The smallest absolute Gasteiger partial charge is 0.253 e. The van der Waals surface area contributed by atoms with Gasteiger partial charge in [-0.15, -0.1) is 0 Å². The highest BCUT2D eigenvalue weighted by Gasteiger charge is 2.09. The molecule has 0 saturated heterocycles. The van der Waals surface area contributed by atoms with E-state index in [0.29, 0.717) is 28.4 Å². The van der Waals surface area contributed by atoms with Crippen LogP contribution in [0.1, 0.15) is 21.5 Å². The zero-order valence-electron chi connectivity index (χ0n) is 10.6. The van der Waals surface area contributed by atoms with Crippen molar-refractivity contribution < 1.29 is 4.79 Å². The zero-order valence-corrected chi connectivity index (χ0v) is 11.3. The molecule has 2 aromatic rings. The Bertz CT molecular complexity index is 675. The Labute approximate surface area is 121 Å². The first-order valence-corrected chi connectivity index (χ1v) is 6.30. The molecule has 0 saturated carbocycles. The monoisotopic (exact) mass is 285 g/mol. The number of amides is 1. The summed E-state index contributed by atoms with van der Waals surface area (Å²) in [5.74, 6) is -0.261. The Balaban J connectivity index is 2.03. The van der Waals surface area contributed by atoms with Crippen LogP contribution >= 0.6 is 11.6 Å². The molecule has 0 radical (unpaired) electrons. The van der Waals surface area contributed by atoms with Gasteiger partial charge in [0.15, 0.2) is 0 Å². The topological polar surface area (TPSA) is 78.9 Å². The van der Waals surface area contributed by atoms with Gasteiger partial charge >= 0.3 is 0 Å². The number of nitrogens with one attached hydrogen (secondary N) is 1. The highest BCUT2D eigenvalue weighted by atomic mass is 35.5. The number of hydrogen-bond acceptors (Lipinski definition) is 3. The summed E-state index contributed by atoms with van der Waals surface area (Å²) in [5, 5.41) is 12.0. The predicted octanol–water partition coefficient (Wildman–Crippen LogP) is 2.72. The molecule has 5 heteroatoms. The summed E-state index contributed by atoms with van der Waals surface area (Å²) in [7, 11) is 0. The molecule has 0 aliphatic rings. The van der Waals surface area contributed by atoms with Crippen LogP contribution in [0, 0.1) is 11.3 Å². The standard InChI is InChI=1S/C15H12ClN3O/c16-12-5-6-13(14(18)7-12)15(20)19-9-11-3-1-10(8-17)2-4-11/h1-7H,9,18H2,(H,19,20). The van der Waals surface area contributed by atoms with E-state index in [4.69, 9.17) is 22.6 Å². The van der Waals surface area contributed by atoms with E-state index in [1.165, 1.54) is 6.07 Å². The number of anilines is 1. The minimum absolute atomic E-state index is 0.261. The van der Waals surface area contributed by atoms with Crippen molar-refractivity contribution in [3.8, 4) is 6.07 Å². The van der Waals surface area contributed by atoms with Gasteiger partial charge in [0, 0.05) is 17.3 Å². The number of nitrogen functional groups attached to an aromatic ring is 1. The maximum atomic E-state index is 12.0. The molecule has 0 spiro atoms. The lowest BCUT2D eigenvalue weighted by molar-refractivity contribution is 0.0952. The number of nitrogens with two attached hydrogens (primary N) is 1. The van der Waals surface area contributed by atoms with Crippen LogP contribution in [-0.2, 0) is 6.54 Å². The van der Waals surface area contributed by atoms with Gasteiger partial charge in [0.25, 0.3) is 5.91 Å². The molecule has 20 heavy (non-hydrogen) atoms. The summed E-state index contributed by atoms with van der Waals surface area (Å²) in [5.41, 5.74) is 7.97. The Morgan fingerprint density at radius 1 is 1.25 bits per heavy atom. The first-order chi connectivity index (χ1) is 9.60. The lowest BCUT2D eigenvalue weighted by Crippen LogP contribution is -2.23. The van der Waals surface area contributed by atoms with Gasteiger partial charge < -0.3 is 11.1 Å². The van der Waals surface area contributed by atoms with E-state index in [1.807, 2.05) is 6.07 Å². The predicted molar refractivity (Wildman–Crippen MR) is 78.2 cm³/mol. The van der Waals surface area contributed by atoms with E-state index in [0.717, 1.165) is 5.56 Å². The van der Waals surface area contributed by atoms with Crippen molar-refractivity contribution in [3.63, 3.8) is 0 Å². The van der Waals surface area contributed by atoms with E-state index < -0.39 is 0 Å². The highest BCUT2D eigenvalue weighted by Crippen LogP contribution is 2.18. The van der Waals surface area contributed by atoms with Crippen LogP contribution in [0.15, 0.2) is 42.5 Å². The minimum atomic E-state index is -0.261. The van der Waals surface area contributed by atoms with Gasteiger partial charge in [-0.3, -0.25) is 4.79 Å². The van der Waals surface area contributed by atoms with Gasteiger partial charge in [0.1, 0.15) is 0 Å². The van der Waals surface area contributed by atoms with Crippen molar-refractivity contribution >= 4 is 23.2 Å². The van der Waals surface area contributed by atoms with Crippen molar-refractivity contribution in [1.82, 2.24) is 5.32 Å². The molecular formula is C15H12ClN3O. The zero-order chi connectivity index (χ0) is 14.5. The molecule has 0 heterocycles. The first-order valence-electron chi connectivity index (χ1n) is 5.92. The molecule has 4 nitrogen and oxygen atoms in total. The third kappa shape index (κ3) is 3.28.